The second-order valence-electron chi connectivity index (χ2n) is 4.74. The summed E-state index contributed by atoms with van der Waals surface area (Å²) in [5, 5.41) is 1.61. The van der Waals surface area contributed by atoms with Crippen LogP contribution in [0.3, 0.4) is 0 Å². The third-order valence-electron chi connectivity index (χ3n) is 3.17. The van der Waals surface area contributed by atoms with E-state index in [1.807, 2.05) is 43.3 Å². The Bertz CT molecular complexity index is 879. The number of nitrogens with zero attached hydrogens (tertiary/aromatic N) is 1. The number of hydrogen-bond acceptors (Lipinski definition) is 3. The standard InChI is InChI=1S/C17H12ClNO2/c1-11-8-17(20)21-16-9-14(6-7-15(11)16)19-10-12-2-4-13(18)5-3-12/h2-10H,1H3. The zero-order chi connectivity index (χ0) is 14.8. The molecule has 0 saturated carbocycles. The third kappa shape index (κ3) is 3.03. The van der Waals surface area contributed by atoms with Gasteiger partial charge in [0.25, 0.3) is 0 Å². The van der Waals surface area contributed by atoms with Crippen molar-refractivity contribution in [3.63, 3.8) is 0 Å². The van der Waals surface area contributed by atoms with Gasteiger partial charge in [0.1, 0.15) is 5.58 Å². The van der Waals surface area contributed by atoms with Crippen LogP contribution in [0.2, 0.25) is 5.02 Å². The van der Waals surface area contributed by atoms with Crippen molar-refractivity contribution >= 4 is 34.5 Å². The lowest BCUT2D eigenvalue weighted by Crippen LogP contribution is -1.97. The predicted molar refractivity (Wildman–Crippen MR) is 85.9 cm³/mol. The van der Waals surface area contributed by atoms with Crippen molar-refractivity contribution in [1.29, 1.82) is 0 Å². The maximum Gasteiger partial charge on any atom is 0.336 e. The van der Waals surface area contributed by atoms with Crippen LogP contribution in [0.5, 0.6) is 0 Å². The van der Waals surface area contributed by atoms with E-state index in [0.29, 0.717) is 10.6 Å². The Hall–Kier alpha value is -2.39. The van der Waals surface area contributed by atoms with Crippen LogP contribution >= 0.6 is 11.6 Å². The van der Waals surface area contributed by atoms with E-state index in [0.717, 1.165) is 22.2 Å². The first kappa shape index (κ1) is 13.6. The molecule has 0 saturated heterocycles. The van der Waals surface area contributed by atoms with E-state index in [4.69, 9.17) is 16.0 Å². The molecule has 0 unspecified atom stereocenters. The Morgan fingerprint density at radius 1 is 1.10 bits per heavy atom. The zero-order valence-corrected chi connectivity index (χ0v) is 12.1. The number of hydrogen-bond donors (Lipinski definition) is 0. The van der Waals surface area contributed by atoms with Gasteiger partial charge in [-0.05, 0) is 42.3 Å². The Morgan fingerprint density at radius 3 is 2.62 bits per heavy atom. The van der Waals surface area contributed by atoms with Crippen molar-refractivity contribution in [2.75, 3.05) is 0 Å². The van der Waals surface area contributed by atoms with E-state index in [1.54, 1.807) is 12.3 Å². The molecule has 3 aromatic rings. The molecule has 104 valence electrons. The van der Waals surface area contributed by atoms with Crippen LogP contribution in [0.4, 0.5) is 5.69 Å². The van der Waals surface area contributed by atoms with Gasteiger partial charge in [-0.25, -0.2) is 4.79 Å². The number of benzene rings is 2. The van der Waals surface area contributed by atoms with Crippen molar-refractivity contribution in [3.05, 3.63) is 75.1 Å². The highest BCUT2D eigenvalue weighted by atomic mass is 35.5. The first-order chi connectivity index (χ1) is 10.1. The summed E-state index contributed by atoms with van der Waals surface area (Å²) in [5.74, 6) is 0. The topological polar surface area (TPSA) is 42.6 Å². The smallest absolute Gasteiger partial charge is 0.336 e. The normalized spacial score (nSPS) is 11.3. The number of aliphatic imine (C=N–C) groups is 1. The minimum atomic E-state index is -0.348. The van der Waals surface area contributed by atoms with Gasteiger partial charge in [-0.15, -0.1) is 0 Å². The van der Waals surface area contributed by atoms with Gasteiger partial charge in [-0.1, -0.05) is 23.7 Å². The van der Waals surface area contributed by atoms with Gasteiger partial charge in [-0.3, -0.25) is 4.99 Å². The van der Waals surface area contributed by atoms with Gasteiger partial charge in [0.05, 0.1) is 5.69 Å². The molecule has 4 heteroatoms. The summed E-state index contributed by atoms with van der Waals surface area (Å²) in [6.07, 6.45) is 1.74. The van der Waals surface area contributed by atoms with Gasteiger partial charge in [0.15, 0.2) is 0 Å². The van der Waals surface area contributed by atoms with E-state index in [9.17, 15) is 4.79 Å². The summed E-state index contributed by atoms with van der Waals surface area (Å²) in [6, 6.07) is 14.4. The molecule has 3 nitrogen and oxygen atoms in total. The molecular weight excluding hydrogens is 286 g/mol. The van der Waals surface area contributed by atoms with E-state index in [2.05, 4.69) is 4.99 Å². The summed E-state index contributed by atoms with van der Waals surface area (Å²) < 4.78 is 5.20. The molecule has 0 bridgehead atoms. The van der Waals surface area contributed by atoms with E-state index in [-0.39, 0.29) is 5.63 Å². The molecular formula is C17H12ClNO2. The molecule has 0 atom stereocenters. The highest BCUT2D eigenvalue weighted by molar-refractivity contribution is 6.30. The second kappa shape index (κ2) is 5.54. The highest BCUT2D eigenvalue weighted by Gasteiger charge is 2.02. The molecule has 0 fully saturated rings. The van der Waals surface area contributed by atoms with Crippen LogP contribution in [-0.2, 0) is 0 Å². The maximum atomic E-state index is 11.4. The Balaban J connectivity index is 1.97. The summed E-state index contributed by atoms with van der Waals surface area (Å²) in [5.41, 5.74) is 2.77. The molecule has 0 aliphatic heterocycles. The molecule has 0 aliphatic rings. The average molecular weight is 298 g/mol. The minimum Gasteiger partial charge on any atom is -0.423 e. The van der Waals surface area contributed by atoms with Gasteiger partial charge < -0.3 is 4.42 Å². The predicted octanol–water partition coefficient (Wildman–Crippen LogP) is 4.51. The molecule has 0 spiro atoms. The van der Waals surface area contributed by atoms with E-state index >= 15 is 0 Å². The Morgan fingerprint density at radius 2 is 1.86 bits per heavy atom. The van der Waals surface area contributed by atoms with Crippen LogP contribution in [-0.4, -0.2) is 6.21 Å². The first-order valence-electron chi connectivity index (χ1n) is 6.46. The van der Waals surface area contributed by atoms with Crippen molar-refractivity contribution in [1.82, 2.24) is 0 Å². The summed E-state index contributed by atoms with van der Waals surface area (Å²) in [4.78, 5) is 15.8. The average Bonchev–Trinajstić information content (AvgIpc) is 2.46. The largest absolute Gasteiger partial charge is 0.423 e. The van der Waals surface area contributed by atoms with Gasteiger partial charge in [0.2, 0.25) is 0 Å². The first-order valence-corrected chi connectivity index (χ1v) is 6.84. The fourth-order valence-corrected chi connectivity index (χ4v) is 2.22. The minimum absolute atomic E-state index is 0.348. The molecule has 2 aromatic carbocycles. The SMILES string of the molecule is Cc1cc(=O)oc2cc(N=Cc3ccc(Cl)cc3)ccc12. The second-order valence-corrected chi connectivity index (χ2v) is 5.18. The van der Waals surface area contributed by atoms with E-state index in [1.165, 1.54) is 6.07 Å². The van der Waals surface area contributed by atoms with Gasteiger partial charge in [-0.2, -0.15) is 0 Å². The fourth-order valence-electron chi connectivity index (χ4n) is 2.09. The lowest BCUT2D eigenvalue weighted by molar-refractivity contribution is 0.560. The Labute approximate surface area is 126 Å². The lowest BCUT2D eigenvalue weighted by atomic mass is 10.1. The molecule has 21 heavy (non-hydrogen) atoms. The van der Waals surface area contributed by atoms with E-state index < -0.39 is 0 Å². The number of rotatable bonds is 2. The Kier molecular flexibility index (Phi) is 3.59. The van der Waals surface area contributed by atoms with Crippen molar-refractivity contribution < 1.29 is 4.42 Å². The van der Waals surface area contributed by atoms with Crippen molar-refractivity contribution in [2.24, 2.45) is 4.99 Å². The van der Waals surface area contributed by atoms with Crippen molar-refractivity contribution in [2.45, 2.75) is 6.92 Å². The van der Waals surface area contributed by atoms with Crippen LogP contribution in [0.25, 0.3) is 11.0 Å². The van der Waals surface area contributed by atoms with Crippen LogP contribution in [0.1, 0.15) is 11.1 Å². The molecule has 3 rings (SSSR count). The highest BCUT2D eigenvalue weighted by Crippen LogP contribution is 2.22. The number of halogens is 1. The van der Waals surface area contributed by atoms with Crippen LogP contribution in [0, 0.1) is 6.92 Å². The van der Waals surface area contributed by atoms with Gasteiger partial charge >= 0.3 is 5.63 Å². The van der Waals surface area contributed by atoms with Crippen molar-refractivity contribution in [3.8, 4) is 0 Å². The van der Waals surface area contributed by atoms with Gasteiger partial charge in [0, 0.05) is 28.8 Å². The number of fused-ring (bicyclic) bond motifs is 1. The zero-order valence-electron chi connectivity index (χ0n) is 11.3. The molecule has 0 amide bonds. The molecule has 1 heterocycles. The quantitative estimate of drug-likeness (QED) is 0.516. The molecule has 0 aliphatic carbocycles. The summed E-state index contributed by atoms with van der Waals surface area (Å²) in [6.45, 7) is 1.88. The summed E-state index contributed by atoms with van der Waals surface area (Å²) >= 11 is 5.84. The maximum absolute atomic E-state index is 11.4. The van der Waals surface area contributed by atoms with Crippen LogP contribution in [0.15, 0.2) is 62.7 Å². The van der Waals surface area contributed by atoms with Crippen LogP contribution < -0.4 is 5.63 Å². The fraction of sp³-hybridized carbons (Fsp3) is 0.0588. The number of aryl methyl sites for hydroxylation is 1. The molecule has 0 N–H and O–H groups in total. The lowest BCUT2D eigenvalue weighted by Gasteiger charge is -2.01. The monoisotopic (exact) mass is 297 g/mol. The molecule has 0 radical (unpaired) electrons. The summed E-state index contributed by atoms with van der Waals surface area (Å²) in [7, 11) is 0. The molecule has 1 aromatic heterocycles. The third-order valence-corrected chi connectivity index (χ3v) is 3.42.